The smallest absolute Gasteiger partial charge is 0.253 e. The summed E-state index contributed by atoms with van der Waals surface area (Å²) in [5.41, 5.74) is 0.407. The summed E-state index contributed by atoms with van der Waals surface area (Å²) in [4.78, 5) is 14.4. The standard InChI is InChI=1S/C16H27NO2/c1-5-12-14(18)16(4,9-8-11(2)3)13-7-6-10-17(13)15(12)19/h11,13,18H,5-10H2,1-4H3. The summed E-state index contributed by atoms with van der Waals surface area (Å²) in [6.45, 7) is 9.40. The number of aliphatic hydroxyl groups excluding tert-OH is 1. The first-order valence-electron chi connectivity index (χ1n) is 7.65. The second kappa shape index (κ2) is 5.18. The Kier molecular flexibility index (Phi) is 3.93. The van der Waals surface area contributed by atoms with Crippen LogP contribution in [0.1, 0.15) is 59.8 Å². The Morgan fingerprint density at radius 1 is 1.47 bits per heavy atom. The monoisotopic (exact) mass is 265 g/mol. The zero-order valence-electron chi connectivity index (χ0n) is 12.7. The molecule has 0 saturated carbocycles. The largest absolute Gasteiger partial charge is 0.511 e. The van der Waals surface area contributed by atoms with Crippen molar-refractivity contribution < 1.29 is 9.90 Å². The lowest BCUT2D eigenvalue weighted by Gasteiger charge is -2.45. The fourth-order valence-corrected chi connectivity index (χ4v) is 3.64. The Hall–Kier alpha value is -0.990. The molecule has 3 nitrogen and oxygen atoms in total. The Balaban J connectivity index is 2.37. The highest BCUT2D eigenvalue weighted by Crippen LogP contribution is 2.47. The van der Waals surface area contributed by atoms with E-state index in [1.54, 1.807) is 0 Å². The van der Waals surface area contributed by atoms with Crippen molar-refractivity contribution >= 4 is 5.91 Å². The van der Waals surface area contributed by atoms with Gasteiger partial charge in [0, 0.05) is 18.0 Å². The number of nitrogens with zero attached hydrogens (tertiary/aromatic N) is 1. The van der Waals surface area contributed by atoms with Gasteiger partial charge in [-0.05, 0) is 38.0 Å². The van der Waals surface area contributed by atoms with E-state index in [4.69, 9.17) is 0 Å². The van der Waals surface area contributed by atoms with Gasteiger partial charge in [0.1, 0.15) is 5.76 Å². The number of fused-ring (bicyclic) bond motifs is 1. The van der Waals surface area contributed by atoms with Crippen LogP contribution in [-0.4, -0.2) is 28.5 Å². The molecule has 0 aromatic rings. The highest BCUT2D eigenvalue weighted by Gasteiger charge is 2.50. The number of aliphatic hydroxyl groups is 1. The van der Waals surface area contributed by atoms with Gasteiger partial charge in [-0.2, -0.15) is 0 Å². The van der Waals surface area contributed by atoms with Gasteiger partial charge in [-0.1, -0.05) is 27.7 Å². The summed E-state index contributed by atoms with van der Waals surface area (Å²) < 4.78 is 0. The van der Waals surface area contributed by atoms with Crippen LogP contribution in [0.4, 0.5) is 0 Å². The van der Waals surface area contributed by atoms with Crippen LogP contribution in [0.3, 0.4) is 0 Å². The van der Waals surface area contributed by atoms with Crippen molar-refractivity contribution in [2.45, 2.75) is 65.8 Å². The lowest BCUT2D eigenvalue weighted by Crippen LogP contribution is -2.51. The molecule has 1 saturated heterocycles. The Morgan fingerprint density at radius 3 is 2.74 bits per heavy atom. The quantitative estimate of drug-likeness (QED) is 0.842. The van der Waals surface area contributed by atoms with Gasteiger partial charge in [0.05, 0.1) is 5.57 Å². The van der Waals surface area contributed by atoms with E-state index >= 15 is 0 Å². The number of carbonyl (C=O) groups excluding carboxylic acids is 1. The molecule has 0 bridgehead atoms. The number of hydrogen-bond acceptors (Lipinski definition) is 2. The van der Waals surface area contributed by atoms with E-state index in [1.165, 1.54) is 0 Å². The van der Waals surface area contributed by atoms with Gasteiger partial charge in [-0.3, -0.25) is 4.79 Å². The molecule has 108 valence electrons. The molecule has 0 aromatic heterocycles. The van der Waals surface area contributed by atoms with E-state index in [0.717, 1.165) is 32.2 Å². The molecule has 2 aliphatic rings. The van der Waals surface area contributed by atoms with Crippen molar-refractivity contribution in [2.75, 3.05) is 6.54 Å². The highest BCUT2D eigenvalue weighted by atomic mass is 16.3. The first-order chi connectivity index (χ1) is 8.91. The number of rotatable bonds is 4. The lowest BCUT2D eigenvalue weighted by molar-refractivity contribution is -0.133. The van der Waals surface area contributed by atoms with Gasteiger partial charge >= 0.3 is 0 Å². The van der Waals surface area contributed by atoms with Crippen LogP contribution in [0, 0.1) is 11.3 Å². The molecular weight excluding hydrogens is 238 g/mol. The molecule has 0 radical (unpaired) electrons. The van der Waals surface area contributed by atoms with Gasteiger partial charge in [0.15, 0.2) is 0 Å². The Morgan fingerprint density at radius 2 is 2.16 bits per heavy atom. The Bertz CT molecular complexity index is 400. The van der Waals surface area contributed by atoms with Crippen molar-refractivity contribution in [1.29, 1.82) is 0 Å². The van der Waals surface area contributed by atoms with Crippen LogP contribution in [-0.2, 0) is 4.79 Å². The predicted octanol–water partition coefficient (Wildman–Crippen LogP) is 3.66. The minimum Gasteiger partial charge on any atom is -0.511 e. The number of amides is 1. The zero-order chi connectivity index (χ0) is 14.2. The SMILES string of the molecule is CCC1=C(O)C(C)(CCC(C)C)C2CCCN2C1=O. The topological polar surface area (TPSA) is 40.5 Å². The van der Waals surface area contributed by atoms with E-state index < -0.39 is 0 Å². The second-order valence-corrected chi connectivity index (χ2v) is 6.69. The molecule has 19 heavy (non-hydrogen) atoms. The molecule has 0 aromatic carbocycles. The minimum absolute atomic E-state index is 0.0736. The molecular formula is C16H27NO2. The van der Waals surface area contributed by atoms with Crippen LogP contribution in [0.2, 0.25) is 0 Å². The van der Waals surface area contributed by atoms with Crippen molar-refractivity contribution in [2.24, 2.45) is 11.3 Å². The maximum absolute atomic E-state index is 12.4. The van der Waals surface area contributed by atoms with Crippen LogP contribution >= 0.6 is 0 Å². The fraction of sp³-hybridized carbons (Fsp3) is 0.812. The average Bonchev–Trinajstić information content (AvgIpc) is 2.85. The third-order valence-electron chi connectivity index (χ3n) is 4.93. The van der Waals surface area contributed by atoms with Crippen LogP contribution in [0.15, 0.2) is 11.3 Å². The Labute approximate surface area is 116 Å². The van der Waals surface area contributed by atoms with Crippen LogP contribution in [0.25, 0.3) is 0 Å². The summed E-state index contributed by atoms with van der Waals surface area (Å²) in [5, 5.41) is 10.7. The molecule has 0 spiro atoms. The first-order valence-corrected chi connectivity index (χ1v) is 7.65. The van der Waals surface area contributed by atoms with Crippen LogP contribution < -0.4 is 0 Å². The molecule has 2 atom stereocenters. The third-order valence-corrected chi connectivity index (χ3v) is 4.93. The second-order valence-electron chi connectivity index (χ2n) is 6.69. The molecule has 1 N–H and O–H groups in total. The molecule has 0 aliphatic carbocycles. The number of hydrogen-bond donors (Lipinski definition) is 1. The molecule has 1 fully saturated rings. The molecule has 2 rings (SSSR count). The van der Waals surface area contributed by atoms with E-state index in [0.29, 0.717) is 23.7 Å². The summed E-state index contributed by atoms with van der Waals surface area (Å²) >= 11 is 0. The van der Waals surface area contributed by atoms with Crippen molar-refractivity contribution in [3.8, 4) is 0 Å². The van der Waals surface area contributed by atoms with E-state index in [2.05, 4.69) is 20.8 Å². The number of carbonyl (C=O) groups is 1. The first kappa shape index (κ1) is 14.4. The fourth-order valence-electron chi connectivity index (χ4n) is 3.64. The van der Waals surface area contributed by atoms with E-state index in [9.17, 15) is 9.90 Å². The van der Waals surface area contributed by atoms with Gasteiger partial charge < -0.3 is 10.0 Å². The molecule has 3 heteroatoms. The van der Waals surface area contributed by atoms with Gasteiger partial charge in [-0.15, -0.1) is 0 Å². The molecule has 1 amide bonds. The molecule has 2 heterocycles. The van der Waals surface area contributed by atoms with Crippen molar-refractivity contribution in [3.05, 3.63) is 11.3 Å². The van der Waals surface area contributed by atoms with E-state index in [1.807, 2.05) is 11.8 Å². The normalized spacial score (nSPS) is 31.3. The van der Waals surface area contributed by atoms with Crippen molar-refractivity contribution in [3.63, 3.8) is 0 Å². The predicted molar refractivity (Wildman–Crippen MR) is 76.9 cm³/mol. The van der Waals surface area contributed by atoms with Crippen molar-refractivity contribution in [1.82, 2.24) is 4.90 Å². The van der Waals surface area contributed by atoms with Gasteiger partial charge in [0.2, 0.25) is 0 Å². The van der Waals surface area contributed by atoms with Crippen LogP contribution in [0.5, 0.6) is 0 Å². The molecule has 2 unspecified atom stereocenters. The maximum Gasteiger partial charge on any atom is 0.253 e. The van der Waals surface area contributed by atoms with E-state index in [-0.39, 0.29) is 17.4 Å². The summed E-state index contributed by atoms with van der Waals surface area (Å²) in [6, 6.07) is 0.203. The minimum atomic E-state index is -0.236. The summed E-state index contributed by atoms with van der Waals surface area (Å²) in [5.74, 6) is 1.08. The zero-order valence-corrected chi connectivity index (χ0v) is 12.7. The summed E-state index contributed by atoms with van der Waals surface area (Å²) in [6.07, 6.45) is 4.79. The maximum atomic E-state index is 12.4. The average molecular weight is 265 g/mol. The van der Waals surface area contributed by atoms with Gasteiger partial charge in [0.25, 0.3) is 5.91 Å². The lowest BCUT2D eigenvalue weighted by atomic mass is 9.70. The third kappa shape index (κ3) is 2.28. The summed E-state index contributed by atoms with van der Waals surface area (Å²) in [7, 11) is 0. The molecule has 2 aliphatic heterocycles. The van der Waals surface area contributed by atoms with Gasteiger partial charge in [-0.25, -0.2) is 0 Å². The highest BCUT2D eigenvalue weighted by molar-refractivity contribution is 5.95.